The van der Waals surface area contributed by atoms with Gasteiger partial charge in [-0.3, -0.25) is 13.9 Å². The van der Waals surface area contributed by atoms with Crippen molar-refractivity contribution in [3.63, 3.8) is 0 Å². The molecule has 0 spiro atoms. The summed E-state index contributed by atoms with van der Waals surface area (Å²) in [4.78, 5) is 30.2. The summed E-state index contributed by atoms with van der Waals surface area (Å²) in [5, 5.41) is 3.01. The first kappa shape index (κ1) is 36.4. The number of hydrogen-bond acceptors (Lipinski definition) is 5. The van der Waals surface area contributed by atoms with E-state index in [-0.39, 0.29) is 35.4 Å². The molecule has 0 saturated heterocycles. The maximum atomic E-state index is 14.7. The van der Waals surface area contributed by atoms with Gasteiger partial charge in [0.05, 0.1) is 10.6 Å². The molecule has 50 heavy (non-hydrogen) atoms. The highest BCUT2D eigenvalue weighted by Crippen LogP contribution is 2.29. The third-order valence-electron chi connectivity index (χ3n) is 7.91. The third-order valence-corrected chi connectivity index (χ3v) is 10.2. The van der Waals surface area contributed by atoms with Crippen LogP contribution in [0.25, 0.3) is 0 Å². The van der Waals surface area contributed by atoms with E-state index in [0.717, 1.165) is 19.9 Å². The fraction of sp³-hybridized carbons (Fsp3) is 0.200. The highest BCUT2D eigenvalue weighted by Gasteiger charge is 2.34. The fourth-order valence-corrected chi connectivity index (χ4v) is 7.24. The number of carbonyl (C=O) groups is 2. The highest BCUT2D eigenvalue weighted by molar-refractivity contribution is 9.10. The monoisotopic (exact) mass is 753 g/mol. The summed E-state index contributed by atoms with van der Waals surface area (Å²) in [5.74, 6) is 0.475. The molecule has 10 heteroatoms. The van der Waals surface area contributed by atoms with Crippen LogP contribution in [0.5, 0.6) is 11.5 Å². The molecule has 0 aromatic heterocycles. The molecule has 0 heterocycles. The van der Waals surface area contributed by atoms with Crippen molar-refractivity contribution in [3.05, 3.63) is 155 Å². The number of rotatable bonds is 15. The molecule has 5 aromatic rings. The molecule has 0 aliphatic rings. The van der Waals surface area contributed by atoms with Gasteiger partial charge in [0.2, 0.25) is 11.8 Å². The van der Waals surface area contributed by atoms with Gasteiger partial charge in [-0.15, -0.1) is 0 Å². The molecule has 0 bridgehead atoms. The Kier molecular flexibility index (Phi) is 12.5. The molecule has 258 valence electrons. The van der Waals surface area contributed by atoms with Crippen molar-refractivity contribution in [3.8, 4) is 11.5 Å². The van der Waals surface area contributed by atoms with Gasteiger partial charge in [0.1, 0.15) is 24.1 Å². The molecule has 2 amide bonds. The van der Waals surface area contributed by atoms with Gasteiger partial charge in [0.15, 0.2) is 0 Å². The van der Waals surface area contributed by atoms with Crippen LogP contribution in [0, 0.1) is 5.92 Å². The predicted molar refractivity (Wildman–Crippen MR) is 200 cm³/mol. The quantitative estimate of drug-likeness (QED) is 0.118. The molecule has 0 saturated carbocycles. The van der Waals surface area contributed by atoms with Crippen LogP contribution in [0.4, 0.5) is 5.69 Å². The number of anilines is 1. The van der Waals surface area contributed by atoms with Crippen molar-refractivity contribution < 1.29 is 22.7 Å². The third kappa shape index (κ3) is 9.83. The molecule has 1 atom stereocenters. The van der Waals surface area contributed by atoms with E-state index >= 15 is 0 Å². The first-order chi connectivity index (χ1) is 24.1. The molecular formula is C40H40BrN3O5S. The zero-order valence-corrected chi connectivity index (χ0v) is 30.4. The lowest BCUT2D eigenvalue weighted by molar-refractivity contribution is -0.140. The van der Waals surface area contributed by atoms with Crippen LogP contribution in [0.3, 0.4) is 0 Å². The number of amides is 2. The van der Waals surface area contributed by atoms with Crippen molar-refractivity contribution in [2.75, 3.05) is 17.4 Å². The average Bonchev–Trinajstić information content (AvgIpc) is 3.12. The number of nitrogens with one attached hydrogen (secondary N) is 1. The van der Waals surface area contributed by atoms with E-state index in [1.54, 1.807) is 42.5 Å². The Bertz CT molecular complexity index is 1960. The lowest BCUT2D eigenvalue weighted by atomic mass is 10.0. The molecule has 5 rings (SSSR count). The van der Waals surface area contributed by atoms with Crippen molar-refractivity contribution in [1.29, 1.82) is 0 Å². The Hall–Kier alpha value is -4.93. The summed E-state index contributed by atoms with van der Waals surface area (Å²) in [6.45, 7) is 3.95. The van der Waals surface area contributed by atoms with E-state index in [2.05, 4.69) is 21.2 Å². The Balaban J connectivity index is 1.54. The lowest BCUT2D eigenvalue weighted by Gasteiger charge is -2.34. The van der Waals surface area contributed by atoms with E-state index in [1.807, 2.05) is 98.8 Å². The summed E-state index contributed by atoms with van der Waals surface area (Å²) in [6, 6.07) is 39.9. The van der Waals surface area contributed by atoms with Gasteiger partial charge in [-0.2, -0.15) is 0 Å². The van der Waals surface area contributed by atoms with Gasteiger partial charge in [-0.05, 0) is 77.7 Å². The van der Waals surface area contributed by atoms with Gasteiger partial charge in [-0.1, -0.05) is 109 Å². The normalized spacial score (nSPS) is 11.8. The second-order valence-corrected chi connectivity index (χ2v) is 15.0. The summed E-state index contributed by atoms with van der Waals surface area (Å²) >= 11 is 3.52. The minimum absolute atomic E-state index is 0.0338. The summed E-state index contributed by atoms with van der Waals surface area (Å²) < 4.78 is 36.4. The molecular weight excluding hydrogens is 714 g/mol. The first-order valence-corrected chi connectivity index (χ1v) is 18.6. The SMILES string of the molecule is CC(C)CNC(=O)[C@H](Cc1ccccc1)N(Cc1cccc(Br)c1)C(=O)CN(c1ccc(Oc2ccccc2)cc1)S(=O)(=O)c1ccccc1. The molecule has 1 N–H and O–H groups in total. The second kappa shape index (κ2) is 17.1. The molecule has 0 aliphatic carbocycles. The minimum atomic E-state index is -4.22. The van der Waals surface area contributed by atoms with Gasteiger partial charge >= 0.3 is 0 Å². The van der Waals surface area contributed by atoms with Crippen molar-refractivity contribution in [2.24, 2.45) is 5.92 Å². The highest BCUT2D eigenvalue weighted by atomic mass is 79.9. The standard InChI is InChI=1S/C40H40BrN3O5S/c1-30(2)27-42-40(46)38(26-31-13-6-3-7-14-31)43(28-32-15-12-16-33(41)25-32)39(45)29-44(50(47,48)37-19-10-5-11-20-37)34-21-23-36(24-22-34)49-35-17-8-4-9-18-35/h3-25,30,38H,26-29H2,1-2H3,(H,42,46)/t38-/m0/s1. The molecule has 0 unspecified atom stereocenters. The number of para-hydroxylation sites is 1. The maximum absolute atomic E-state index is 14.7. The largest absolute Gasteiger partial charge is 0.457 e. The average molecular weight is 755 g/mol. The number of benzene rings is 5. The lowest BCUT2D eigenvalue weighted by Crippen LogP contribution is -2.53. The van der Waals surface area contributed by atoms with Gasteiger partial charge < -0.3 is 15.0 Å². The van der Waals surface area contributed by atoms with E-state index in [0.29, 0.717) is 18.0 Å². The van der Waals surface area contributed by atoms with Gasteiger partial charge in [0.25, 0.3) is 10.0 Å². The van der Waals surface area contributed by atoms with Crippen LogP contribution in [0.2, 0.25) is 0 Å². The Morgan fingerprint density at radius 3 is 1.94 bits per heavy atom. The second-order valence-electron chi connectivity index (χ2n) is 12.2. The molecule has 0 fully saturated rings. The predicted octanol–water partition coefficient (Wildman–Crippen LogP) is 7.85. The smallest absolute Gasteiger partial charge is 0.264 e. The van der Waals surface area contributed by atoms with Crippen molar-refractivity contribution in [2.45, 2.75) is 37.8 Å². The van der Waals surface area contributed by atoms with E-state index in [1.165, 1.54) is 17.0 Å². The summed E-state index contributed by atoms with van der Waals surface area (Å²) in [7, 11) is -4.22. The van der Waals surface area contributed by atoms with Crippen molar-refractivity contribution in [1.82, 2.24) is 10.2 Å². The van der Waals surface area contributed by atoms with Crippen LogP contribution in [-0.2, 0) is 32.6 Å². The van der Waals surface area contributed by atoms with Crippen LogP contribution in [0.1, 0.15) is 25.0 Å². The number of ether oxygens (including phenoxy) is 1. The van der Waals surface area contributed by atoms with Crippen molar-refractivity contribution >= 4 is 43.5 Å². The Labute approximate surface area is 302 Å². The molecule has 0 aliphatic heterocycles. The van der Waals surface area contributed by atoms with Crippen LogP contribution in [-0.4, -0.2) is 44.3 Å². The van der Waals surface area contributed by atoms with E-state index in [4.69, 9.17) is 4.74 Å². The van der Waals surface area contributed by atoms with E-state index in [9.17, 15) is 18.0 Å². The van der Waals surface area contributed by atoms with Gasteiger partial charge in [-0.25, -0.2) is 8.42 Å². The Morgan fingerprint density at radius 1 is 0.740 bits per heavy atom. The zero-order valence-electron chi connectivity index (χ0n) is 28.0. The minimum Gasteiger partial charge on any atom is -0.457 e. The maximum Gasteiger partial charge on any atom is 0.264 e. The Morgan fingerprint density at radius 2 is 1.32 bits per heavy atom. The first-order valence-electron chi connectivity index (χ1n) is 16.4. The summed E-state index contributed by atoms with van der Waals surface area (Å²) in [6.07, 6.45) is 0.238. The number of hydrogen-bond donors (Lipinski definition) is 1. The molecule has 8 nitrogen and oxygen atoms in total. The molecule has 0 radical (unpaired) electrons. The number of nitrogens with zero attached hydrogens (tertiary/aromatic N) is 2. The number of halogens is 1. The zero-order chi connectivity index (χ0) is 35.5. The van der Waals surface area contributed by atoms with Crippen LogP contribution >= 0.6 is 15.9 Å². The molecule has 5 aromatic carbocycles. The fourth-order valence-electron chi connectivity index (χ4n) is 5.36. The topological polar surface area (TPSA) is 96.0 Å². The van der Waals surface area contributed by atoms with E-state index < -0.39 is 28.5 Å². The number of carbonyl (C=O) groups excluding carboxylic acids is 2. The summed E-state index contributed by atoms with van der Waals surface area (Å²) in [5.41, 5.74) is 1.92. The van der Waals surface area contributed by atoms with Gasteiger partial charge in [0, 0.05) is 24.0 Å². The van der Waals surface area contributed by atoms with Crippen LogP contribution < -0.4 is 14.4 Å². The number of sulfonamides is 1. The van der Waals surface area contributed by atoms with Crippen LogP contribution in [0.15, 0.2) is 149 Å².